The molecule has 1 heterocycles. The number of benzene rings is 2. The maximum absolute atomic E-state index is 13.0. The number of hydrogen-bond acceptors (Lipinski definition) is 5. The Morgan fingerprint density at radius 1 is 1.13 bits per heavy atom. The van der Waals surface area contributed by atoms with Gasteiger partial charge in [-0.2, -0.15) is 5.10 Å². The van der Waals surface area contributed by atoms with E-state index < -0.39 is 28.1 Å². The zero-order valence-corrected chi connectivity index (χ0v) is 18.6. The van der Waals surface area contributed by atoms with Crippen LogP contribution < -0.4 is 10.0 Å². The van der Waals surface area contributed by atoms with Crippen LogP contribution in [0.3, 0.4) is 0 Å². The van der Waals surface area contributed by atoms with Gasteiger partial charge in [0.05, 0.1) is 12.2 Å². The number of nitrogens with one attached hydrogen (secondary N) is 2. The molecular weight excluding hydrogens is 440 g/mol. The molecule has 0 radical (unpaired) electrons. The van der Waals surface area contributed by atoms with Gasteiger partial charge in [-0.25, -0.2) is 13.1 Å². The van der Waals surface area contributed by atoms with Crippen molar-refractivity contribution in [3.05, 3.63) is 83.1 Å². The number of hydrogen-bond donors (Lipinski definition) is 2. The summed E-state index contributed by atoms with van der Waals surface area (Å²) in [5, 5.41) is 7.32. The molecule has 2 atom stereocenters. The second kappa shape index (κ2) is 10.1. The van der Waals surface area contributed by atoms with E-state index in [1.54, 1.807) is 31.3 Å². The molecule has 1 aromatic heterocycles. The number of carbonyl (C=O) groups excluding carboxylic acids is 1. The molecule has 2 N–H and O–H groups in total. The van der Waals surface area contributed by atoms with E-state index in [1.165, 1.54) is 24.2 Å². The Morgan fingerprint density at radius 3 is 2.39 bits per heavy atom. The van der Waals surface area contributed by atoms with Gasteiger partial charge in [0.2, 0.25) is 10.0 Å². The van der Waals surface area contributed by atoms with Gasteiger partial charge in [-0.15, -0.1) is 0 Å². The highest BCUT2D eigenvalue weighted by Crippen LogP contribution is 2.22. The second-order valence-corrected chi connectivity index (χ2v) is 9.04. The molecule has 3 rings (SSSR count). The molecule has 0 fully saturated rings. The number of aryl methyl sites for hydroxylation is 1. The number of aromatic nitrogens is 2. The van der Waals surface area contributed by atoms with E-state index in [2.05, 4.69) is 15.1 Å². The zero-order valence-electron chi connectivity index (χ0n) is 17.0. The third-order valence-electron chi connectivity index (χ3n) is 4.63. The average Bonchev–Trinajstić information content (AvgIpc) is 3.21. The van der Waals surface area contributed by atoms with Crippen molar-refractivity contribution in [1.82, 2.24) is 19.8 Å². The van der Waals surface area contributed by atoms with Gasteiger partial charge in [-0.3, -0.25) is 9.48 Å². The normalized spacial score (nSPS) is 13.5. The molecule has 2 unspecified atom stereocenters. The van der Waals surface area contributed by atoms with Gasteiger partial charge in [0.1, 0.15) is 4.90 Å². The summed E-state index contributed by atoms with van der Waals surface area (Å²) >= 11 is 5.93. The van der Waals surface area contributed by atoms with Crippen LogP contribution in [0.4, 0.5) is 0 Å². The number of ether oxygens (including phenoxy) is 1. The van der Waals surface area contributed by atoms with Gasteiger partial charge >= 0.3 is 0 Å². The van der Waals surface area contributed by atoms with Gasteiger partial charge in [-0.05, 0) is 23.3 Å². The highest BCUT2D eigenvalue weighted by molar-refractivity contribution is 7.89. The number of rotatable bonds is 9. The van der Waals surface area contributed by atoms with Gasteiger partial charge in [0, 0.05) is 31.9 Å². The molecular formula is C21H23ClN4O4S. The number of methoxy groups -OCH3 is 1. The van der Waals surface area contributed by atoms with Crippen LogP contribution in [0.25, 0.3) is 0 Å². The number of amides is 1. The summed E-state index contributed by atoms with van der Waals surface area (Å²) in [7, 11) is -0.727. The monoisotopic (exact) mass is 462 g/mol. The summed E-state index contributed by atoms with van der Waals surface area (Å²) in [6.07, 6.45) is 1.79. The quantitative estimate of drug-likeness (QED) is 0.509. The lowest BCUT2D eigenvalue weighted by Gasteiger charge is -2.23. The highest BCUT2D eigenvalue weighted by Gasteiger charge is 2.25. The van der Waals surface area contributed by atoms with Crippen LogP contribution in [0.2, 0.25) is 5.02 Å². The Bertz CT molecular complexity index is 1120. The van der Waals surface area contributed by atoms with Gasteiger partial charge in [-0.1, -0.05) is 54.1 Å². The topological polar surface area (TPSA) is 102 Å². The van der Waals surface area contributed by atoms with Crippen molar-refractivity contribution in [1.29, 1.82) is 0 Å². The summed E-state index contributed by atoms with van der Waals surface area (Å²) in [6.45, 7) is -0.0516. The molecule has 3 aromatic rings. The van der Waals surface area contributed by atoms with E-state index in [-0.39, 0.29) is 11.4 Å². The minimum Gasteiger partial charge on any atom is -0.367 e. The Hall–Kier alpha value is -2.72. The smallest absolute Gasteiger partial charge is 0.254 e. The molecule has 164 valence electrons. The Morgan fingerprint density at radius 2 is 1.81 bits per heavy atom. The molecule has 0 spiro atoms. The Labute approximate surface area is 186 Å². The maximum Gasteiger partial charge on any atom is 0.254 e. The van der Waals surface area contributed by atoms with E-state index in [0.29, 0.717) is 10.6 Å². The predicted molar refractivity (Wildman–Crippen MR) is 117 cm³/mol. The molecule has 0 bridgehead atoms. The lowest BCUT2D eigenvalue weighted by atomic mass is 10.0. The minimum absolute atomic E-state index is 0.0454. The van der Waals surface area contributed by atoms with Crippen LogP contribution in [0.1, 0.15) is 23.3 Å². The zero-order chi connectivity index (χ0) is 22.4. The van der Waals surface area contributed by atoms with E-state index in [9.17, 15) is 13.2 Å². The highest BCUT2D eigenvalue weighted by atomic mass is 35.5. The molecule has 0 saturated heterocycles. The fourth-order valence-corrected chi connectivity index (χ4v) is 4.19. The minimum atomic E-state index is -3.79. The van der Waals surface area contributed by atoms with E-state index >= 15 is 0 Å². The van der Waals surface area contributed by atoms with E-state index in [0.717, 1.165) is 5.56 Å². The van der Waals surface area contributed by atoms with Gasteiger partial charge in [0.15, 0.2) is 6.10 Å². The number of nitrogens with zero attached hydrogens (tertiary/aromatic N) is 2. The second-order valence-electron chi connectivity index (χ2n) is 6.84. The average molecular weight is 463 g/mol. The van der Waals surface area contributed by atoms with Crippen molar-refractivity contribution < 1.29 is 17.9 Å². The van der Waals surface area contributed by atoms with Crippen LogP contribution in [0, 0.1) is 0 Å². The first-order valence-electron chi connectivity index (χ1n) is 9.42. The first-order valence-corrected chi connectivity index (χ1v) is 11.3. The fraction of sp³-hybridized carbons (Fsp3) is 0.238. The van der Waals surface area contributed by atoms with Crippen molar-refractivity contribution in [2.45, 2.75) is 17.0 Å². The molecule has 31 heavy (non-hydrogen) atoms. The maximum atomic E-state index is 13.0. The SMILES string of the molecule is COC(C(=O)NC(CNS(=O)(=O)c1cnn(C)c1)c1ccccc1)c1ccc(Cl)cc1. The molecule has 0 aliphatic rings. The third kappa shape index (κ3) is 5.92. The molecule has 2 aromatic carbocycles. The summed E-state index contributed by atoms with van der Waals surface area (Å²) in [5.74, 6) is -0.403. The van der Waals surface area contributed by atoms with Crippen LogP contribution >= 0.6 is 11.6 Å². The van der Waals surface area contributed by atoms with E-state index in [4.69, 9.17) is 16.3 Å². The molecule has 10 heteroatoms. The Kier molecular flexibility index (Phi) is 7.45. The summed E-state index contributed by atoms with van der Waals surface area (Å²) in [6, 6.07) is 15.2. The van der Waals surface area contributed by atoms with Crippen LogP contribution in [0.5, 0.6) is 0 Å². The molecule has 0 aliphatic carbocycles. The predicted octanol–water partition coefficient (Wildman–Crippen LogP) is 2.60. The first-order chi connectivity index (χ1) is 14.8. The standard InChI is InChI=1S/C21H23ClN4O4S/c1-26-14-18(12-23-26)31(28,29)24-13-19(15-6-4-3-5-7-15)25-21(27)20(30-2)16-8-10-17(22)11-9-16/h3-12,14,19-20,24H,13H2,1-2H3,(H,25,27). The number of carbonyl (C=O) groups is 1. The van der Waals surface area contributed by atoms with Crippen LogP contribution in [0.15, 0.2) is 71.9 Å². The van der Waals surface area contributed by atoms with Gasteiger partial charge in [0.25, 0.3) is 5.91 Å². The number of sulfonamides is 1. The lowest BCUT2D eigenvalue weighted by molar-refractivity contribution is -0.132. The Balaban J connectivity index is 1.79. The van der Waals surface area contributed by atoms with Crippen LogP contribution in [-0.4, -0.2) is 37.8 Å². The fourth-order valence-electron chi connectivity index (χ4n) is 3.03. The number of halogens is 1. The molecule has 0 aliphatic heterocycles. The summed E-state index contributed by atoms with van der Waals surface area (Å²) < 4.78 is 34.5. The summed E-state index contributed by atoms with van der Waals surface area (Å²) in [4.78, 5) is 13.0. The molecule has 0 saturated carbocycles. The van der Waals surface area contributed by atoms with Crippen molar-refractivity contribution in [3.8, 4) is 0 Å². The van der Waals surface area contributed by atoms with Crippen molar-refractivity contribution in [3.63, 3.8) is 0 Å². The van der Waals surface area contributed by atoms with Crippen LogP contribution in [-0.2, 0) is 26.6 Å². The summed E-state index contributed by atoms with van der Waals surface area (Å²) in [5.41, 5.74) is 1.38. The largest absolute Gasteiger partial charge is 0.367 e. The molecule has 8 nitrogen and oxygen atoms in total. The molecule has 1 amide bonds. The first kappa shape index (κ1) is 23.0. The van der Waals surface area contributed by atoms with Gasteiger partial charge < -0.3 is 10.1 Å². The van der Waals surface area contributed by atoms with Crippen molar-refractivity contribution in [2.24, 2.45) is 7.05 Å². The third-order valence-corrected chi connectivity index (χ3v) is 6.26. The van der Waals surface area contributed by atoms with Crippen molar-refractivity contribution in [2.75, 3.05) is 13.7 Å². The van der Waals surface area contributed by atoms with E-state index in [1.807, 2.05) is 30.3 Å². The van der Waals surface area contributed by atoms with Crippen molar-refractivity contribution >= 4 is 27.5 Å². The lowest BCUT2D eigenvalue weighted by Crippen LogP contribution is -2.40.